The van der Waals surface area contributed by atoms with E-state index in [1.807, 2.05) is 18.2 Å². The highest BCUT2D eigenvalue weighted by Gasteiger charge is 2.09. The molecular weight excluding hydrogens is 264 g/mol. The molecule has 0 saturated carbocycles. The molecule has 0 bridgehead atoms. The number of benzene rings is 1. The first-order valence-corrected chi connectivity index (χ1v) is 7.37. The first kappa shape index (κ1) is 11.8. The van der Waals surface area contributed by atoms with Crippen LogP contribution in [0.4, 0.5) is 0 Å². The second kappa shape index (κ2) is 5.12. The highest BCUT2D eigenvalue weighted by Crippen LogP contribution is 2.18. The van der Waals surface area contributed by atoms with Crippen LogP contribution in [0.2, 0.25) is 0 Å². The number of fused-ring (bicyclic) bond motifs is 1. The average molecular weight is 277 g/mol. The molecule has 0 aliphatic carbocycles. The van der Waals surface area contributed by atoms with Gasteiger partial charge in [0.2, 0.25) is 0 Å². The number of hydrogen-bond acceptors (Lipinski definition) is 2. The Morgan fingerprint density at radius 1 is 1.22 bits per heavy atom. The molecule has 0 spiro atoms. The Hall–Kier alpha value is -1.32. The summed E-state index contributed by atoms with van der Waals surface area (Å²) in [6.07, 6.45) is 1.02. The van der Waals surface area contributed by atoms with E-state index in [1.54, 1.807) is 11.3 Å². The van der Waals surface area contributed by atoms with Gasteiger partial charge in [0.15, 0.2) is 0 Å². The molecular formula is C14H13ClN2S. The van der Waals surface area contributed by atoms with Crippen LogP contribution in [0.15, 0.2) is 41.1 Å². The van der Waals surface area contributed by atoms with Gasteiger partial charge < -0.3 is 4.57 Å². The van der Waals surface area contributed by atoms with Crippen molar-refractivity contribution < 1.29 is 0 Å². The lowest BCUT2D eigenvalue weighted by Gasteiger charge is -2.06. The van der Waals surface area contributed by atoms with Gasteiger partial charge in [-0.1, -0.05) is 12.1 Å². The van der Waals surface area contributed by atoms with Crippen molar-refractivity contribution in [1.29, 1.82) is 0 Å². The van der Waals surface area contributed by atoms with E-state index in [1.165, 1.54) is 11.1 Å². The van der Waals surface area contributed by atoms with E-state index < -0.39 is 0 Å². The minimum absolute atomic E-state index is 0.457. The first-order valence-electron chi connectivity index (χ1n) is 5.89. The third-order valence-electron chi connectivity index (χ3n) is 3.06. The topological polar surface area (TPSA) is 17.8 Å². The zero-order chi connectivity index (χ0) is 12.4. The standard InChI is InChI=1S/C14H13ClN2S/c15-9-14-16-12-3-1-2-4-13(12)17(14)7-5-11-6-8-18-10-11/h1-4,6,8,10H,5,7,9H2. The Bertz CT molecular complexity index is 643. The summed E-state index contributed by atoms with van der Waals surface area (Å²) < 4.78 is 2.22. The number of thiophene rings is 1. The van der Waals surface area contributed by atoms with Crippen LogP contribution in [0.25, 0.3) is 11.0 Å². The van der Waals surface area contributed by atoms with Crippen molar-refractivity contribution in [3.05, 3.63) is 52.5 Å². The average Bonchev–Trinajstić information content (AvgIpc) is 3.03. The van der Waals surface area contributed by atoms with Crippen LogP contribution in [0.3, 0.4) is 0 Å². The maximum atomic E-state index is 5.98. The number of nitrogens with zero attached hydrogens (tertiary/aromatic N) is 2. The molecule has 0 unspecified atom stereocenters. The van der Waals surface area contributed by atoms with E-state index in [9.17, 15) is 0 Å². The van der Waals surface area contributed by atoms with Crippen LogP contribution >= 0.6 is 22.9 Å². The zero-order valence-electron chi connectivity index (χ0n) is 9.84. The van der Waals surface area contributed by atoms with Crippen molar-refractivity contribution in [2.24, 2.45) is 0 Å². The molecule has 0 atom stereocenters. The molecule has 92 valence electrons. The number of para-hydroxylation sites is 2. The molecule has 0 radical (unpaired) electrons. The second-order valence-electron chi connectivity index (χ2n) is 4.18. The second-order valence-corrected chi connectivity index (χ2v) is 5.23. The number of rotatable bonds is 4. The van der Waals surface area contributed by atoms with Gasteiger partial charge in [-0.25, -0.2) is 4.98 Å². The molecule has 1 aromatic carbocycles. The Balaban J connectivity index is 1.94. The van der Waals surface area contributed by atoms with Gasteiger partial charge in [-0.3, -0.25) is 0 Å². The normalized spacial score (nSPS) is 11.2. The molecule has 3 aromatic rings. The molecule has 0 saturated heterocycles. The molecule has 0 N–H and O–H groups in total. The largest absolute Gasteiger partial charge is 0.327 e. The molecule has 4 heteroatoms. The highest BCUT2D eigenvalue weighted by molar-refractivity contribution is 7.07. The lowest BCUT2D eigenvalue weighted by Crippen LogP contribution is -2.04. The lowest BCUT2D eigenvalue weighted by molar-refractivity contribution is 0.689. The van der Waals surface area contributed by atoms with Crippen LogP contribution in [0.1, 0.15) is 11.4 Å². The summed E-state index contributed by atoms with van der Waals surface area (Å²) in [6, 6.07) is 10.4. The summed E-state index contributed by atoms with van der Waals surface area (Å²) in [5.41, 5.74) is 3.57. The number of imidazole rings is 1. The predicted octanol–water partition coefficient (Wildman–Crippen LogP) is 4.08. The maximum absolute atomic E-state index is 5.98. The van der Waals surface area contributed by atoms with E-state index in [4.69, 9.17) is 11.6 Å². The van der Waals surface area contributed by atoms with Gasteiger partial charge in [0.25, 0.3) is 0 Å². The van der Waals surface area contributed by atoms with E-state index in [2.05, 4.69) is 32.4 Å². The molecule has 0 amide bonds. The molecule has 2 aromatic heterocycles. The van der Waals surface area contributed by atoms with Gasteiger partial charge in [-0.05, 0) is 40.9 Å². The fourth-order valence-electron chi connectivity index (χ4n) is 2.15. The minimum atomic E-state index is 0.457. The molecule has 3 rings (SSSR count). The smallest absolute Gasteiger partial charge is 0.124 e. The summed E-state index contributed by atoms with van der Waals surface area (Å²) in [5.74, 6) is 1.41. The highest BCUT2D eigenvalue weighted by atomic mass is 35.5. The van der Waals surface area contributed by atoms with Crippen molar-refractivity contribution >= 4 is 34.0 Å². The molecule has 0 fully saturated rings. The number of aryl methyl sites for hydroxylation is 2. The van der Waals surface area contributed by atoms with E-state index in [0.717, 1.165) is 24.3 Å². The molecule has 0 aliphatic rings. The van der Waals surface area contributed by atoms with Crippen LogP contribution in [-0.4, -0.2) is 9.55 Å². The fourth-order valence-corrected chi connectivity index (χ4v) is 3.06. The van der Waals surface area contributed by atoms with Crippen molar-refractivity contribution in [2.45, 2.75) is 18.8 Å². The number of hydrogen-bond donors (Lipinski definition) is 0. The molecule has 0 aliphatic heterocycles. The maximum Gasteiger partial charge on any atom is 0.124 e. The molecule has 18 heavy (non-hydrogen) atoms. The van der Waals surface area contributed by atoms with Crippen molar-refractivity contribution in [2.75, 3.05) is 0 Å². The van der Waals surface area contributed by atoms with Gasteiger partial charge in [0.1, 0.15) is 5.82 Å². The first-order chi connectivity index (χ1) is 8.88. The molecule has 2 heterocycles. The third-order valence-corrected chi connectivity index (χ3v) is 4.03. The van der Waals surface area contributed by atoms with Gasteiger partial charge in [0, 0.05) is 6.54 Å². The Morgan fingerprint density at radius 2 is 2.11 bits per heavy atom. The number of alkyl halides is 1. The monoisotopic (exact) mass is 276 g/mol. The number of halogens is 1. The van der Waals surface area contributed by atoms with E-state index >= 15 is 0 Å². The van der Waals surface area contributed by atoms with Crippen LogP contribution in [0.5, 0.6) is 0 Å². The van der Waals surface area contributed by atoms with Crippen molar-refractivity contribution in [3.63, 3.8) is 0 Å². The third kappa shape index (κ3) is 2.16. The van der Waals surface area contributed by atoms with Gasteiger partial charge in [0.05, 0.1) is 16.9 Å². The zero-order valence-corrected chi connectivity index (χ0v) is 11.4. The van der Waals surface area contributed by atoms with Crippen LogP contribution < -0.4 is 0 Å². The summed E-state index contributed by atoms with van der Waals surface area (Å²) in [6.45, 7) is 0.930. The van der Waals surface area contributed by atoms with Gasteiger partial charge in [-0.2, -0.15) is 11.3 Å². The van der Waals surface area contributed by atoms with E-state index in [-0.39, 0.29) is 0 Å². The van der Waals surface area contributed by atoms with Crippen LogP contribution in [0, 0.1) is 0 Å². The van der Waals surface area contributed by atoms with E-state index in [0.29, 0.717) is 5.88 Å². The molecule has 2 nitrogen and oxygen atoms in total. The van der Waals surface area contributed by atoms with Crippen LogP contribution in [-0.2, 0) is 18.8 Å². The Kier molecular flexibility index (Phi) is 3.35. The summed E-state index contributed by atoms with van der Waals surface area (Å²) in [7, 11) is 0. The minimum Gasteiger partial charge on any atom is -0.327 e. The quantitative estimate of drug-likeness (QED) is 0.657. The van der Waals surface area contributed by atoms with Gasteiger partial charge in [-0.15, -0.1) is 11.6 Å². The number of aromatic nitrogens is 2. The SMILES string of the molecule is ClCc1nc2ccccc2n1CCc1ccsc1. The lowest BCUT2D eigenvalue weighted by atomic mass is 10.2. The van der Waals surface area contributed by atoms with Crippen molar-refractivity contribution in [3.8, 4) is 0 Å². The summed E-state index contributed by atoms with van der Waals surface area (Å²) in [5, 5.41) is 4.31. The summed E-state index contributed by atoms with van der Waals surface area (Å²) in [4.78, 5) is 4.56. The predicted molar refractivity (Wildman–Crippen MR) is 77.3 cm³/mol. The van der Waals surface area contributed by atoms with Crippen molar-refractivity contribution in [1.82, 2.24) is 9.55 Å². The fraction of sp³-hybridized carbons (Fsp3) is 0.214. The summed E-state index contributed by atoms with van der Waals surface area (Å²) >= 11 is 7.72. The van der Waals surface area contributed by atoms with Gasteiger partial charge >= 0.3 is 0 Å². The Labute approximate surface area is 115 Å². The Morgan fingerprint density at radius 3 is 2.89 bits per heavy atom.